The van der Waals surface area contributed by atoms with Gasteiger partial charge in [0.2, 0.25) is 0 Å². The summed E-state index contributed by atoms with van der Waals surface area (Å²) in [7, 11) is 0. The first kappa shape index (κ1) is 16.5. The van der Waals surface area contributed by atoms with Gasteiger partial charge in [0.25, 0.3) is 0 Å². The minimum absolute atomic E-state index is 0.00243. The highest BCUT2D eigenvalue weighted by atomic mass is 16.4. The van der Waals surface area contributed by atoms with Crippen LogP contribution >= 0.6 is 0 Å². The Labute approximate surface area is 144 Å². The fourth-order valence-corrected chi connectivity index (χ4v) is 2.31. The van der Waals surface area contributed by atoms with Crippen LogP contribution < -0.4 is 0 Å². The Kier molecular flexibility index (Phi) is 4.65. The molecule has 0 aliphatic rings. The van der Waals surface area contributed by atoms with Crippen molar-refractivity contribution in [2.75, 3.05) is 0 Å². The van der Waals surface area contributed by atoms with Crippen molar-refractivity contribution in [1.29, 1.82) is 0 Å². The summed E-state index contributed by atoms with van der Waals surface area (Å²) in [6.45, 7) is 3.81. The number of aromatic carboxylic acids is 1. The maximum absolute atomic E-state index is 11.2. The van der Waals surface area contributed by atoms with E-state index in [0.29, 0.717) is 11.5 Å². The van der Waals surface area contributed by atoms with E-state index in [2.05, 4.69) is 19.9 Å². The molecule has 0 saturated heterocycles. The van der Waals surface area contributed by atoms with Crippen LogP contribution in [0, 0.1) is 0 Å². The number of pyridine rings is 1. The van der Waals surface area contributed by atoms with E-state index in [4.69, 9.17) is 0 Å². The standard InChI is InChI=1S/C18H17N5O2/c1-12(2)17-14(18(24)25)10-20-15(22-17)5-3-13-4-6-16(21-9-13)23-8-7-19-11-23/h3-12H,1-2H3,(H,24,25)/b5-3+. The van der Waals surface area contributed by atoms with E-state index in [-0.39, 0.29) is 11.5 Å². The highest BCUT2D eigenvalue weighted by Crippen LogP contribution is 2.17. The minimum Gasteiger partial charge on any atom is -0.478 e. The molecular weight excluding hydrogens is 318 g/mol. The topological polar surface area (TPSA) is 93.8 Å². The van der Waals surface area contributed by atoms with Crippen molar-refractivity contribution in [3.63, 3.8) is 0 Å². The second-order valence-corrected chi connectivity index (χ2v) is 5.74. The monoisotopic (exact) mass is 335 g/mol. The number of imidazole rings is 1. The number of carbonyl (C=O) groups is 1. The zero-order valence-electron chi connectivity index (χ0n) is 13.9. The Bertz CT molecular complexity index is 900. The Hall–Kier alpha value is -3.35. The molecule has 3 rings (SSSR count). The molecule has 0 aromatic carbocycles. The van der Waals surface area contributed by atoms with Gasteiger partial charge in [0.1, 0.15) is 12.1 Å². The molecule has 126 valence electrons. The number of carboxylic acids is 1. The zero-order chi connectivity index (χ0) is 17.8. The van der Waals surface area contributed by atoms with Gasteiger partial charge in [-0.2, -0.15) is 0 Å². The van der Waals surface area contributed by atoms with Gasteiger partial charge < -0.3 is 5.11 Å². The predicted octanol–water partition coefficient (Wildman–Crippen LogP) is 3.05. The van der Waals surface area contributed by atoms with Gasteiger partial charge in [0.15, 0.2) is 5.82 Å². The molecule has 0 unspecified atom stereocenters. The Balaban J connectivity index is 1.82. The molecule has 0 spiro atoms. The third-order valence-electron chi connectivity index (χ3n) is 3.58. The van der Waals surface area contributed by atoms with E-state index in [1.165, 1.54) is 6.20 Å². The van der Waals surface area contributed by atoms with Gasteiger partial charge in [-0.1, -0.05) is 13.8 Å². The lowest BCUT2D eigenvalue weighted by Gasteiger charge is -2.08. The van der Waals surface area contributed by atoms with Crippen molar-refractivity contribution >= 4 is 18.1 Å². The second kappa shape index (κ2) is 7.04. The molecule has 0 atom stereocenters. The summed E-state index contributed by atoms with van der Waals surface area (Å²) in [5, 5.41) is 9.20. The van der Waals surface area contributed by atoms with Gasteiger partial charge in [-0.3, -0.25) is 4.57 Å². The summed E-state index contributed by atoms with van der Waals surface area (Å²) in [6, 6.07) is 3.81. The summed E-state index contributed by atoms with van der Waals surface area (Å²) >= 11 is 0. The summed E-state index contributed by atoms with van der Waals surface area (Å²) < 4.78 is 1.82. The van der Waals surface area contributed by atoms with E-state index in [0.717, 1.165) is 11.4 Å². The first-order valence-electron chi connectivity index (χ1n) is 7.77. The number of hydrogen-bond acceptors (Lipinski definition) is 5. The molecule has 1 N–H and O–H groups in total. The van der Waals surface area contributed by atoms with Crippen LogP contribution in [0.4, 0.5) is 0 Å². The number of carboxylic acid groups (broad SMARTS) is 1. The second-order valence-electron chi connectivity index (χ2n) is 5.74. The molecule has 7 heteroatoms. The molecule has 0 bridgehead atoms. The maximum Gasteiger partial charge on any atom is 0.339 e. The summed E-state index contributed by atoms with van der Waals surface area (Å²) in [6.07, 6.45) is 11.9. The molecule has 0 saturated carbocycles. The van der Waals surface area contributed by atoms with Crippen LogP contribution in [0.1, 0.15) is 47.2 Å². The van der Waals surface area contributed by atoms with Crippen molar-refractivity contribution in [3.05, 3.63) is 65.9 Å². The van der Waals surface area contributed by atoms with Crippen molar-refractivity contribution < 1.29 is 9.90 Å². The molecular formula is C18H17N5O2. The average molecular weight is 335 g/mol. The fourth-order valence-electron chi connectivity index (χ4n) is 2.31. The highest BCUT2D eigenvalue weighted by molar-refractivity contribution is 5.88. The van der Waals surface area contributed by atoms with Crippen molar-refractivity contribution in [2.24, 2.45) is 0 Å². The van der Waals surface area contributed by atoms with Crippen LogP contribution in [0.25, 0.3) is 18.0 Å². The lowest BCUT2D eigenvalue weighted by molar-refractivity contribution is 0.0694. The molecule has 3 aromatic rings. The van der Waals surface area contributed by atoms with E-state index < -0.39 is 5.97 Å². The molecule has 0 aliphatic heterocycles. The van der Waals surface area contributed by atoms with Gasteiger partial charge in [-0.15, -0.1) is 0 Å². The molecule has 0 aliphatic carbocycles. The van der Waals surface area contributed by atoms with E-state index >= 15 is 0 Å². The summed E-state index contributed by atoms with van der Waals surface area (Å²) in [5.74, 6) is 0.224. The van der Waals surface area contributed by atoms with Crippen LogP contribution in [0.15, 0.2) is 43.2 Å². The van der Waals surface area contributed by atoms with E-state index in [9.17, 15) is 9.90 Å². The summed E-state index contributed by atoms with van der Waals surface area (Å²) in [5.41, 5.74) is 1.55. The Morgan fingerprint density at radius 1 is 1.20 bits per heavy atom. The summed E-state index contributed by atoms with van der Waals surface area (Å²) in [4.78, 5) is 28.1. The van der Waals surface area contributed by atoms with Crippen LogP contribution in [0.3, 0.4) is 0 Å². The van der Waals surface area contributed by atoms with Crippen LogP contribution in [-0.2, 0) is 0 Å². The van der Waals surface area contributed by atoms with Crippen molar-refractivity contribution in [1.82, 2.24) is 24.5 Å². The lowest BCUT2D eigenvalue weighted by atomic mass is 10.1. The Morgan fingerprint density at radius 2 is 2.04 bits per heavy atom. The van der Waals surface area contributed by atoms with Gasteiger partial charge >= 0.3 is 5.97 Å². The number of nitrogens with zero attached hydrogens (tertiary/aromatic N) is 5. The number of rotatable bonds is 5. The van der Waals surface area contributed by atoms with Gasteiger partial charge in [-0.05, 0) is 35.8 Å². The minimum atomic E-state index is -1.02. The molecule has 7 nitrogen and oxygen atoms in total. The quantitative estimate of drug-likeness (QED) is 0.770. The maximum atomic E-state index is 11.2. The molecule has 25 heavy (non-hydrogen) atoms. The van der Waals surface area contributed by atoms with E-state index in [1.807, 2.05) is 42.8 Å². The van der Waals surface area contributed by atoms with Gasteiger partial charge in [-0.25, -0.2) is 24.7 Å². The first-order chi connectivity index (χ1) is 12.0. The molecule has 0 amide bonds. The van der Waals surface area contributed by atoms with Crippen LogP contribution in [0.2, 0.25) is 0 Å². The fraction of sp³-hybridized carbons (Fsp3) is 0.167. The smallest absolute Gasteiger partial charge is 0.339 e. The number of aromatic nitrogens is 5. The van der Waals surface area contributed by atoms with E-state index in [1.54, 1.807) is 24.8 Å². The van der Waals surface area contributed by atoms with Crippen LogP contribution in [0.5, 0.6) is 0 Å². The predicted molar refractivity (Wildman–Crippen MR) is 93.4 cm³/mol. The van der Waals surface area contributed by atoms with Gasteiger partial charge in [0.05, 0.1) is 11.3 Å². The average Bonchev–Trinajstić information content (AvgIpc) is 3.14. The van der Waals surface area contributed by atoms with Crippen molar-refractivity contribution in [3.8, 4) is 5.82 Å². The molecule has 0 fully saturated rings. The van der Waals surface area contributed by atoms with Gasteiger partial charge in [0, 0.05) is 24.8 Å². The van der Waals surface area contributed by atoms with Crippen LogP contribution in [-0.4, -0.2) is 35.6 Å². The largest absolute Gasteiger partial charge is 0.478 e. The van der Waals surface area contributed by atoms with Crippen molar-refractivity contribution in [2.45, 2.75) is 19.8 Å². The molecule has 0 radical (unpaired) electrons. The number of hydrogen-bond donors (Lipinski definition) is 1. The first-order valence-corrected chi connectivity index (χ1v) is 7.77. The third-order valence-corrected chi connectivity index (χ3v) is 3.58. The highest BCUT2D eigenvalue weighted by Gasteiger charge is 2.15. The molecule has 3 aromatic heterocycles. The Morgan fingerprint density at radius 3 is 2.64 bits per heavy atom. The SMILES string of the molecule is CC(C)c1nc(/C=C/c2ccc(-n3ccnc3)nc2)ncc1C(=O)O. The molecule has 3 heterocycles. The normalized spacial score (nSPS) is 11.3. The zero-order valence-corrected chi connectivity index (χ0v) is 13.9. The lowest BCUT2D eigenvalue weighted by Crippen LogP contribution is -2.08. The third kappa shape index (κ3) is 3.77.